The fraction of sp³-hybridized carbons (Fsp3) is 0.938. The van der Waals surface area contributed by atoms with E-state index in [-0.39, 0.29) is 6.10 Å². The second-order valence-electron chi connectivity index (χ2n) is 6.01. The molecule has 110 valence electrons. The smallest absolute Gasteiger partial charge is 0.163 e. The third-order valence-electron chi connectivity index (χ3n) is 3.62. The van der Waals surface area contributed by atoms with Gasteiger partial charge in [0.15, 0.2) is 5.79 Å². The van der Waals surface area contributed by atoms with Gasteiger partial charge in [-0.25, -0.2) is 0 Å². The fourth-order valence-electron chi connectivity index (χ4n) is 2.78. The Labute approximate surface area is 118 Å². The van der Waals surface area contributed by atoms with Gasteiger partial charge >= 0.3 is 0 Å². The third-order valence-corrected chi connectivity index (χ3v) is 3.62. The highest BCUT2D eigenvalue weighted by molar-refractivity contribution is 4.78. The minimum absolute atomic E-state index is 0.258. The molecule has 0 radical (unpaired) electrons. The summed E-state index contributed by atoms with van der Waals surface area (Å²) in [5, 5.41) is 8.60. The number of nitrogens with zero attached hydrogens (tertiary/aromatic N) is 1. The van der Waals surface area contributed by atoms with Crippen molar-refractivity contribution in [3.05, 3.63) is 0 Å². The molecule has 1 fully saturated rings. The average Bonchev–Trinajstić information content (AvgIpc) is 2.33. The van der Waals surface area contributed by atoms with E-state index in [1.807, 2.05) is 13.8 Å². The summed E-state index contributed by atoms with van der Waals surface area (Å²) in [4.78, 5) is 0. The monoisotopic (exact) mass is 267 g/mol. The summed E-state index contributed by atoms with van der Waals surface area (Å²) in [6.07, 6.45) is 10.4. The molecule has 0 spiro atoms. The van der Waals surface area contributed by atoms with E-state index in [0.717, 1.165) is 25.7 Å². The SMILES string of the molecule is CCCCCC[C@H]1C[C@@H](CCCC#N)OC(C)(C)O1. The molecule has 3 heteroatoms. The lowest BCUT2D eigenvalue weighted by Crippen LogP contribution is -2.44. The van der Waals surface area contributed by atoms with Gasteiger partial charge in [-0.15, -0.1) is 0 Å². The molecule has 0 bridgehead atoms. The molecule has 0 aromatic rings. The van der Waals surface area contributed by atoms with E-state index >= 15 is 0 Å². The normalized spacial score (nSPS) is 26.0. The molecule has 19 heavy (non-hydrogen) atoms. The predicted octanol–water partition coefficient (Wildman–Crippen LogP) is 4.56. The van der Waals surface area contributed by atoms with Gasteiger partial charge < -0.3 is 9.47 Å². The van der Waals surface area contributed by atoms with E-state index < -0.39 is 5.79 Å². The van der Waals surface area contributed by atoms with E-state index in [0.29, 0.717) is 12.5 Å². The van der Waals surface area contributed by atoms with Gasteiger partial charge in [-0.05, 0) is 33.1 Å². The minimum atomic E-state index is -0.467. The first kappa shape index (κ1) is 16.5. The maximum atomic E-state index is 8.60. The Balaban J connectivity index is 2.33. The van der Waals surface area contributed by atoms with Crippen molar-refractivity contribution in [3.63, 3.8) is 0 Å². The van der Waals surface area contributed by atoms with E-state index in [9.17, 15) is 0 Å². The van der Waals surface area contributed by atoms with Crippen molar-refractivity contribution in [2.75, 3.05) is 0 Å². The molecule has 0 aromatic heterocycles. The second kappa shape index (κ2) is 8.55. The average molecular weight is 267 g/mol. The first-order valence-electron chi connectivity index (χ1n) is 7.80. The van der Waals surface area contributed by atoms with Crippen LogP contribution < -0.4 is 0 Å². The Morgan fingerprint density at radius 2 is 1.68 bits per heavy atom. The summed E-state index contributed by atoms with van der Waals surface area (Å²) in [5.74, 6) is -0.467. The van der Waals surface area contributed by atoms with Gasteiger partial charge in [-0.3, -0.25) is 0 Å². The summed E-state index contributed by atoms with van der Waals surface area (Å²) in [7, 11) is 0. The number of hydrogen-bond acceptors (Lipinski definition) is 3. The lowest BCUT2D eigenvalue weighted by atomic mass is 9.99. The van der Waals surface area contributed by atoms with Crippen LogP contribution in [0.15, 0.2) is 0 Å². The summed E-state index contributed by atoms with van der Waals surface area (Å²) in [6, 6.07) is 2.20. The number of ether oxygens (including phenoxy) is 2. The maximum Gasteiger partial charge on any atom is 0.163 e. The zero-order valence-electron chi connectivity index (χ0n) is 12.8. The lowest BCUT2D eigenvalue weighted by molar-refractivity contribution is -0.301. The largest absolute Gasteiger partial charge is 0.347 e. The van der Waals surface area contributed by atoms with Crippen LogP contribution in [0.4, 0.5) is 0 Å². The molecule has 0 saturated carbocycles. The van der Waals surface area contributed by atoms with Crippen LogP contribution >= 0.6 is 0 Å². The van der Waals surface area contributed by atoms with E-state index in [4.69, 9.17) is 14.7 Å². The zero-order chi connectivity index (χ0) is 14.1. The number of rotatable bonds is 8. The second-order valence-corrected chi connectivity index (χ2v) is 6.01. The molecule has 3 nitrogen and oxygen atoms in total. The van der Waals surface area contributed by atoms with Crippen LogP contribution in [0.3, 0.4) is 0 Å². The molecule has 1 aliphatic heterocycles. The molecule has 0 aliphatic carbocycles. The maximum absolute atomic E-state index is 8.60. The van der Waals surface area contributed by atoms with Crippen LogP contribution in [0.2, 0.25) is 0 Å². The van der Waals surface area contributed by atoms with Crippen LogP contribution in [0, 0.1) is 11.3 Å². The van der Waals surface area contributed by atoms with Gasteiger partial charge in [-0.1, -0.05) is 32.6 Å². The molecular weight excluding hydrogens is 238 g/mol. The van der Waals surface area contributed by atoms with Gasteiger partial charge in [0.2, 0.25) is 0 Å². The van der Waals surface area contributed by atoms with Crippen LogP contribution in [0.1, 0.15) is 78.6 Å². The predicted molar refractivity (Wildman–Crippen MR) is 76.7 cm³/mol. The Morgan fingerprint density at radius 3 is 2.26 bits per heavy atom. The van der Waals surface area contributed by atoms with Gasteiger partial charge in [0.25, 0.3) is 0 Å². The number of unbranched alkanes of at least 4 members (excludes halogenated alkanes) is 4. The highest BCUT2D eigenvalue weighted by Gasteiger charge is 2.34. The summed E-state index contributed by atoms with van der Waals surface area (Å²) in [5.41, 5.74) is 0. The van der Waals surface area contributed by atoms with Crippen molar-refractivity contribution in [3.8, 4) is 6.07 Å². The molecule has 0 aromatic carbocycles. The van der Waals surface area contributed by atoms with Gasteiger partial charge in [0.1, 0.15) is 0 Å². The minimum Gasteiger partial charge on any atom is -0.347 e. The van der Waals surface area contributed by atoms with Crippen molar-refractivity contribution in [1.82, 2.24) is 0 Å². The van der Waals surface area contributed by atoms with Gasteiger partial charge in [0.05, 0.1) is 18.3 Å². The molecule has 0 amide bonds. The van der Waals surface area contributed by atoms with E-state index in [1.165, 1.54) is 25.7 Å². The van der Waals surface area contributed by atoms with E-state index in [2.05, 4.69) is 13.0 Å². The molecule has 2 atom stereocenters. The molecule has 0 N–H and O–H groups in total. The molecular formula is C16H29NO2. The molecule has 1 aliphatic rings. The van der Waals surface area contributed by atoms with Crippen LogP contribution in [-0.2, 0) is 9.47 Å². The van der Waals surface area contributed by atoms with Crippen LogP contribution in [-0.4, -0.2) is 18.0 Å². The van der Waals surface area contributed by atoms with Crippen molar-refractivity contribution >= 4 is 0 Å². The summed E-state index contributed by atoms with van der Waals surface area (Å²) < 4.78 is 11.9. The first-order chi connectivity index (χ1) is 9.07. The van der Waals surface area contributed by atoms with Gasteiger partial charge in [0, 0.05) is 12.8 Å². The Hall–Kier alpha value is -0.590. The highest BCUT2D eigenvalue weighted by Crippen LogP contribution is 2.31. The number of hydrogen-bond donors (Lipinski definition) is 0. The quantitative estimate of drug-likeness (QED) is 0.605. The summed E-state index contributed by atoms with van der Waals surface area (Å²) >= 11 is 0. The number of nitriles is 1. The molecule has 1 saturated heterocycles. The van der Waals surface area contributed by atoms with Crippen LogP contribution in [0.25, 0.3) is 0 Å². The Bertz CT molecular complexity index is 283. The zero-order valence-corrected chi connectivity index (χ0v) is 12.8. The third kappa shape index (κ3) is 6.94. The molecule has 1 heterocycles. The first-order valence-corrected chi connectivity index (χ1v) is 7.80. The highest BCUT2D eigenvalue weighted by atomic mass is 16.7. The Kier molecular flexibility index (Phi) is 7.41. The van der Waals surface area contributed by atoms with Crippen molar-refractivity contribution in [2.45, 2.75) is 96.6 Å². The lowest BCUT2D eigenvalue weighted by Gasteiger charge is -2.41. The van der Waals surface area contributed by atoms with E-state index in [1.54, 1.807) is 0 Å². The van der Waals surface area contributed by atoms with Crippen molar-refractivity contribution in [2.24, 2.45) is 0 Å². The van der Waals surface area contributed by atoms with Crippen molar-refractivity contribution in [1.29, 1.82) is 5.26 Å². The molecule has 1 rings (SSSR count). The van der Waals surface area contributed by atoms with Crippen molar-refractivity contribution < 1.29 is 9.47 Å². The standard InChI is InChI=1S/C16H29NO2/c1-4-5-6-7-10-14-13-15(11-8-9-12-17)19-16(2,3)18-14/h14-15H,4-11,13H2,1-3H3/t14-,15+/m0/s1. The van der Waals surface area contributed by atoms with Gasteiger partial charge in [-0.2, -0.15) is 5.26 Å². The summed E-state index contributed by atoms with van der Waals surface area (Å²) in [6.45, 7) is 6.24. The fourth-order valence-corrected chi connectivity index (χ4v) is 2.78. The van der Waals surface area contributed by atoms with Crippen LogP contribution in [0.5, 0.6) is 0 Å². The molecule has 0 unspecified atom stereocenters. The Morgan fingerprint density at radius 1 is 1.05 bits per heavy atom. The topological polar surface area (TPSA) is 42.2 Å².